The van der Waals surface area contributed by atoms with Gasteiger partial charge in [0.1, 0.15) is 10.6 Å². The van der Waals surface area contributed by atoms with Crippen LogP contribution in [0, 0.1) is 10.1 Å². The molecule has 0 atom stereocenters. The van der Waals surface area contributed by atoms with E-state index in [1.54, 1.807) is 0 Å². The van der Waals surface area contributed by atoms with Gasteiger partial charge in [0.05, 0.1) is 15.5 Å². The van der Waals surface area contributed by atoms with Gasteiger partial charge >= 0.3 is 0 Å². The minimum Gasteiger partial charge on any atom is -0.507 e. The number of anilines is 4. The molecule has 0 spiro atoms. The molecule has 15 nitrogen and oxygen atoms in total. The van der Waals surface area contributed by atoms with Crippen LogP contribution in [0.2, 0.25) is 5.28 Å². The monoisotopic (exact) mass is 568 g/mol. The van der Waals surface area contributed by atoms with Crippen LogP contribution in [0.1, 0.15) is 0 Å². The zero-order valence-electron chi connectivity index (χ0n) is 17.9. The van der Waals surface area contributed by atoms with Gasteiger partial charge in [-0.3, -0.25) is 19.2 Å². The van der Waals surface area contributed by atoms with Crippen molar-refractivity contribution >= 4 is 71.6 Å². The highest BCUT2D eigenvalue weighted by Crippen LogP contribution is 2.39. The van der Waals surface area contributed by atoms with E-state index < -0.39 is 46.1 Å². The van der Waals surface area contributed by atoms with Crippen LogP contribution >= 0.6 is 11.6 Å². The van der Waals surface area contributed by atoms with Crippen molar-refractivity contribution in [2.24, 2.45) is 0 Å². The molecule has 0 unspecified atom stereocenters. The molecule has 192 valence electrons. The molecule has 0 fully saturated rings. The Morgan fingerprint density at radius 2 is 1.57 bits per heavy atom. The smallest absolute Gasteiger partial charge is 0.295 e. The molecule has 0 saturated carbocycles. The first-order valence-electron chi connectivity index (χ1n) is 9.67. The van der Waals surface area contributed by atoms with Crippen molar-refractivity contribution in [2.75, 3.05) is 10.6 Å². The van der Waals surface area contributed by atoms with Gasteiger partial charge in [-0.25, -0.2) is 0 Å². The molecule has 0 aliphatic rings. The molecule has 5 N–H and O–H groups in total. The Kier molecular flexibility index (Phi) is 6.57. The Hall–Kier alpha value is -4.16. The van der Waals surface area contributed by atoms with Crippen LogP contribution in [-0.4, -0.2) is 50.9 Å². The first-order valence-corrected chi connectivity index (χ1v) is 12.9. The lowest BCUT2D eigenvalue weighted by atomic mass is 10.1. The number of benzene rings is 3. The van der Waals surface area contributed by atoms with Crippen LogP contribution in [0.3, 0.4) is 0 Å². The predicted molar refractivity (Wildman–Crippen MR) is 130 cm³/mol. The van der Waals surface area contributed by atoms with Gasteiger partial charge in [0.2, 0.25) is 17.2 Å². The third-order valence-electron chi connectivity index (χ3n) is 4.77. The normalized spacial score (nSPS) is 11.9. The molecule has 3 aromatic carbocycles. The van der Waals surface area contributed by atoms with Crippen LogP contribution in [-0.2, 0) is 20.2 Å². The average Bonchev–Trinajstić information content (AvgIpc) is 2.77. The number of nitrogens with zero attached hydrogens (tertiary/aromatic N) is 4. The lowest BCUT2D eigenvalue weighted by molar-refractivity contribution is -0.384. The van der Waals surface area contributed by atoms with E-state index in [0.29, 0.717) is 6.07 Å². The maximum absolute atomic E-state index is 11.9. The highest BCUT2D eigenvalue weighted by Gasteiger charge is 2.23. The second-order valence-corrected chi connectivity index (χ2v) is 10.4. The van der Waals surface area contributed by atoms with E-state index >= 15 is 0 Å². The summed E-state index contributed by atoms with van der Waals surface area (Å²) in [6.07, 6.45) is 0. The van der Waals surface area contributed by atoms with Crippen LogP contribution in [0.5, 0.6) is 5.75 Å². The van der Waals surface area contributed by atoms with Crippen molar-refractivity contribution in [1.82, 2.24) is 15.0 Å². The highest BCUT2D eigenvalue weighted by atomic mass is 35.5. The van der Waals surface area contributed by atoms with Gasteiger partial charge in [0.25, 0.3) is 25.9 Å². The fraction of sp³-hybridized carbons (Fsp3) is 0. The summed E-state index contributed by atoms with van der Waals surface area (Å²) in [5, 5.41) is 25.9. The van der Waals surface area contributed by atoms with Crippen LogP contribution < -0.4 is 10.6 Å². The SMILES string of the molecule is O=[N+]([O-])c1cccc(Nc2nc(Cl)nc(Nc3ccc(S(=O)(=O)O)c4cc(S(=O)(=O)O)cc(O)c34)n2)c1. The molecular formula is C19H13ClN6O9S2. The van der Waals surface area contributed by atoms with E-state index in [-0.39, 0.29) is 39.6 Å². The van der Waals surface area contributed by atoms with Crippen LogP contribution in [0.15, 0.2) is 58.3 Å². The van der Waals surface area contributed by atoms with Gasteiger partial charge in [0, 0.05) is 34.7 Å². The van der Waals surface area contributed by atoms with Crippen molar-refractivity contribution in [3.8, 4) is 5.75 Å². The van der Waals surface area contributed by atoms with E-state index in [4.69, 9.17) is 11.6 Å². The summed E-state index contributed by atoms with van der Waals surface area (Å²) in [4.78, 5) is 20.7. The number of hydrogen-bond donors (Lipinski definition) is 5. The second kappa shape index (κ2) is 9.37. The van der Waals surface area contributed by atoms with Crippen molar-refractivity contribution in [3.63, 3.8) is 0 Å². The number of aromatic hydroxyl groups is 1. The molecule has 4 aromatic rings. The number of nitro groups is 1. The van der Waals surface area contributed by atoms with Crippen molar-refractivity contribution in [3.05, 3.63) is 63.9 Å². The Morgan fingerprint density at radius 3 is 2.19 bits per heavy atom. The molecule has 0 bridgehead atoms. The summed E-state index contributed by atoms with van der Waals surface area (Å²) in [5.41, 5.74) is -0.000235. The maximum atomic E-state index is 11.9. The zero-order chi connectivity index (χ0) is 27.1. The summed E-state index contributed by atoms with van der Waals surface area (Å²) in [5.74, 6) is -1.14. The van der Waals surface area contributed by atoms with Crippen LogP contribution in [0.4, 0.5) is 29.0 Å². The number of non-ortho nitro benzene ring substituents is 1. The molecule has 1 aromatic heterocycles. The van der Waals surface area contributed by atoms with E-state index in [1.807, 2.05) is 0 Å². The highest BCUT2D eigenvalue weighted by molar-refractivity contribution is 7.86. The summed E-state index contributed by atoms with van der Waals surface area (Å²) < 4.78 is 65.8. The summed E-state index contributed by atoms with van der Waals surface area (Å²) in [6, 6.07) is 8.89. The topological polar surface area (TPSA) is 235 Å². The molecule has 0 aliphatic carbocycles. The number of phenolic OH excluding ortho intramolecular Hbond substituents is 1. The van der Waals surface area contributed by atoms with E-state index in [2.05, 4.69) is 25.6 Å². The third-order valence-corrected chi connectivity index (χ3v) is 6.68. The molecule has 4 rings (SSSR count). The Balaban J connectivity index is 1.80. The van der Waals surface area contributed by atoms with Gasteiger partial charge < -0.3 is 15.7 Å². The van der Waals surface area contributed by atoms with Gasteiger partial charge in [0.15, 0.2) is 0 Å². The molecular weight excluding hydrogens is 556 g/mol. The molecule has 37 heavy (non-hydrogen) atoms. The first-order chi connectivity index (χ1) is 17.2. The number of hydrogen-bond acceptors (Lipinski definition) is 12. The summed E-state index contributed by atoms with van der Waals surface area (Å²) >= 11 is 5.96. The number of fused-ring (bicyclic) bond motifs is 1. The Labute approximate surface area is 212 Å². The standard InChI is InChI=1S/C19H13ClN6O9S2/c20-17-23-18(21-9-2-1-3-10(6-9)26(28)29)25-19(24-17)22-13-4-5-15(37(33,34)35)12-7-11(36(30,31)32)8-14(27)16(12)13/h1-8,27H,(H,30,31,32)(H,33,34,35)(H2,21,22,23,24,25). The number of phenols is 1. The summed E-state index contributed by atoms with van der Waals surface area (Å²) in [7, 11) is -9.75. The van der Waals surface area contributed by atoms with Gasteiger partial charge in [-0.2, -0.15) is 31.8 Å². The fourth-order valence-corrected chi connectivity index (χ4v) is 4.66. The van der Waals surface area contributed by atoms with Gasteiger partial charge in [-0.15, -0.1) is 0 Å². The zero-order valence-corrected chi connectivity index (χ0v) is 20.3. The Bertz CT molecular complexity index is 1800. The second-order valence-electron chi connectivity index (χ2n) is 7.24. The van der Waals surface area contributed by atoms with Gasteiger partial charge in [-0.05, 0) is 35.9 Å². The van der Waals surface area contributed by atoms with E-state index in [0.717, 1.165) is 18.2 Å². The fourth-order valence-electron chi connectivity index (χ4n) is 3.30. The number of halogens is 1. The number of nitrogens with one attached hydrogen (secondary N) is 2. The molecule has 1 heterocycles. The summed E-state index contributed by atoms with van der Waals surface area (Å²) in [6.45, 7) is 0. The maximum Gasteiger partial charge on any atom is 0.295 e. The van der Waals surface area contributed by atoms with Crippen molar-refractivity contribution in [2.45, 2.75) is 9.79 Å². The van der Waals surface area contributed by atoms with Crippen molar-refractivity contribution < 1.29 is 36.0 Å². The average molecular weight is 569 g/mol. The molecule has 18 heteroatoms. The van der Waals surface area contributed by atoms with Crippen molar-refractivity contribution in [1.29, 1.82) is 0 Å². The lowest BCUT2D eigenvalue weighted by Crippen LogP contribution is -2.06. The quantitative estimate of drug-likeness (QED) is 0.122. The molecule has 0 amide bonds. The minimum atomic E-state index is -4.89. The molecule has 0 saturated heterocycles. The third kappa shape index (κ3) is 5.65. The largest absolute Gasteiger partial charge is 0.507 e. The molecule has 0 radical (unpaired) electrons. The molecule has 0 aliphatic heterocycles. The van der Waals surface area contributed by atoms with E-state index in [1.165, 1.54) is 24.3 Å². The lowest BCUT2D eigenvalue weighted by Gasteiger charge is -2.14. The predicted octanol–water partition coefficient (Wildman–Crippen LogP) is 3.27. The first kappa shape index (κ1) is 25.9. The van der Waals surface area contributed by atoms with E-state index in [9.17, 15) is 41.2 Å². The number of nitro benzene ring substituents is 1. The number of rotatable bonds is 7. The minimum absolute atomic E-state index is 0.0506. The van der Waals surface area contributed by atoms with Crippen LogP contribution in [0.25, 0.3) is 10.8 Å². The van der Waals surface area contributed by atoms with Gasteiger partial charge in [-0.1, -0.05) is 6.07 Å². The number of aromatic nitrogens is 3. The Morgan fingerprint density at radius 1 is 0.892 bits per heavy atom.